The largest absolute Gasteiger partial charge is 0.379 e. The van der Waals surface area contributed by atoms with Crippen LogP contribution in [0.2, 0.25) is 0 Å². The van der Waals surface area contributed by atoms with Crippen LogP contribution in [0.25, 0.3) is 6.08 Å². The van der Waals surface area contributed by atoms with Crippen molar-refractivity contribution in [1.29, 1.82) is 0 Å². The second-order valence-electron chi connectivity index (χ2n) is 4.08. The first kappa shape index (κ1) is 12.2. The van der Waals surface area contributed by atoms with Gasteiger partial charge < -0.3 is 18.6 Å². The highest BCUT2D eigenvalue weighted by Crippen LogP contribution is 2.65. The summed E-state index contributed by atoms with van der Waals surface area (Å²) in [6, 6.07) is 6.98. The van der Waals surface area contributed by atoms with Gasteiger partial charge in [-0.25, -0.2) is 9.59 Å². The number of aliphatic hydroxyl groups is 2. The fourth-order valence-electron chi connectivity index (χ4n) is 1.88. The predicted octanol–water partition coefficient (Wildman–Crippen LogP) is 0.486. The molecule has 7 heteroatoms. The number of aliphatic hydroxyl groups excluding tert-OH is 2. The Bertz CT molecular complexity index is 574. The molecule has 3 rings (SSSR count). The van der Waals surface area contributed by atoms with Crippen LogP contribution in [0.15, 0.2) is 34.6 Å². The van der Waals surface area contributed by atoms with Crippen molar-refractivity contribution in [1.82, 2.24) is 0 Å². The van der Waals surface area contributed by atoms with Gasteiger partial charge in [0.15, 0.2) is 12.2 Å². The van der Waals surface area contributed by atoms with Crippen molar-refractivity contribution >= 4 is 28.6 Å². The van der Waals surface area contributed by atoms with E-state index in [2.05, 4.69) is 0 Å². The smallest absolute Gasteiger partial charge is 0.361 e. The van der Waals surface area contributed by atoms with Gasteiger partial charge in [0.1, 0.15) is 0 Å². The van der Waals surface area contributed by atoms with Crippen LogP contribution in [0.1, 0.15) is 5.56 Å². The van der Waals surface area contributed by atoms with E-state index < -0.39 is 34.7 Å². The van der Waals surface area contributed by atoms with E-state index in [0.717, 1.165) is 5.56 Å². The van der Waals surface area contributed by atoms with Gasteiger partial charge in [-0.1, -0.05) is 28.8 Å². The Hall–Kier alpha value is -1.83. The van der Waals surface area contributed by atoms with E-state index >= 15 is 0 Å². The summed E-state index contributed by atoms with van der Waals surface area (Å²) in [5, 5.41) is 20.4. The summed E-state index contributed by atoms with van der Waals surface area (Å²) >= 11 is 0. The fourth-order valence-corrected chi connectivity index (χ4v) is 4.09. The van der Waals surface area contributed by atoms with Crippen molar-refractivity contribution < 1.29 is 28.2 Å². The van der Waals surface area contributed by atoms with Crippen molar-refractivity contribution in [3.05, 3.63) is 35.2 Å². The summed E-state index contributed by atoms with van der Waals surface area (Å²) in [4.78, 5) is 23.9. The maximum absolute atomic E-state index is 11.7. The molecular formula is C12H10O6S. The minimum atomic E-state index is -2.72. The van der Waals surface area contributed by atoms with Crippen LogP contribution in [0.3, 0.4) is 0 Å². The van der Waals surface area contributed by atoms with Crippen LogP contribution in [-0.2, 0) is 18.0 Å². The molecule has 1 saturated heterocycles. The number of carbonyl (C=O) groups is 2. The second kappa shape index (κ2) is 4.09. The molecule has 1 spiro atoms. The molecule has 1 aromatic rings. The SMILES string of the molecule is O=C1OS2(C=Cc3ccccc32)OC(=O)C(O)C1O. The van der Waals surface area contributed by atoms with E-state index in [4.69, 9.17) is 8.37 Å². The molecule has 2 aliphatic heterocycles. The molecule has 0 aromatic heterocycles. The number of hydrogen-bond donors (Lipinski definition) is 2. The Balaban J connectivity index is 2.09. The standard InChI is InChI=1S/C12H10O6S/c13-9-10(14)12(16)18-19(17-11(9)15)6-5-7-3-1-2-4-8(7)19/h1-6,9-10,13-14H. The molecule has 0 amide bonds. The van der Waals surface area contributed by atoms with Gasteiger partial charge in [-0.2, -0.15) is 0 Å². The number of carbonyl (C=O) groups excluding carboxylic acids is 2. The van der Waals surface area contributed by atoms with Gasteiger partial charge in [0, 0.05) is 5.56 Å². The summed E-state index contributed by atoms with van der Waals surface area (Å²) in [5.74, 6) is -2.15. The average Bonchev–Trinajstić information content (AvgIpc) is 2.72. The number of rotatable bonds is 0. The molecule has 2 heterocycles. The van der Waals surface area contributed by atoms with Crippen molar-refractivity contribution in [2.45, 2.75) is 17.1 Å². The summed E-state index contributed by atoms with van der Waals surface area (Å²) in [6.07, 6.45) is -2.18. The topological polar surface area (TPSA) is 93.1 Å². The summed E-state index contributed by atoms with van der Waals surface area (Å²) in [7, 11) is -2.72. The van der Waals surface area contributed by atoms with Gasteiger partial charge in [0.05, 0.1) is 10.3 Å². The van der Waals surface area contributed by atoms with Gasteiger partial charge in [-0.05, 0) is 12.1 Å². The van der Waals surface area contributed by atoms with E-state index in [0.29, 0.717) is 4.90 Å². The molecule has 100 valence electrons. The molecule has 0 radical (unpaired) electrons. The number of hydrogen-bond acceptors (Lipinski definition) is 6. The van der Waals surface area contributed by atoms with Crippen LogP contribution >= 0.6 is 10.6 Å². The monoisotopic (exact) mass is 282 g/mol. The van der Waals surface area contributed by atoms with Gasteiger partial charge in [0.25, 0.3) is 0 Å². The molecule has 2 aliphatic rings. The van der Waals surface area contributed by atoms with E-state index in [9.17, 15) is 19.8 Å². The van der Waals surface area contributed by atoms with E-state index in [1.165, 1.54) is 5.41 Å². The molecule has 2 N–H and O–H groups in total. The summed E-state index contributed by atoms with van der Waals surface area (Å²) < 4.78 is 10.3. The molecule has 0 saturated carbocycles. The minimum absolute atomic E-state index is 0.554. The fraction of sp³-hybridized carbons (Fsp3) is 0.167. The van der Waals surface area contributed by atoms with Gasteiger partial charge >= 0.3 is 11.9 Å². The molecule has 2 unspecified atom stereocenters. The van der Waals surface area contributed by atoms with Crippen LogP contribution in [-0.4, -0.2) is 34.4 Å². The highest BCUT2D eigenvalue weighted by atomic mass is 32.3. The minimum Gasteiger partial charge on any atom is -0.379 e. The Morgan fingerprint density at radius 2 is 1.58 bits per heavy atom. The maximum atomic E-state index is 11.7. The summed E-state index contributed by atoms with van der Waals surface area (Å²) in [5.41, 5.74) is 0.768. The van der Waals surface area contributed by atoms with Crippen LogP contribution in [0.5, 0.6) is 0 Å². The molecule has 2 atom stereocenters. The van der Waals surface area contributed by atoms with Crippen molar-refractivity contribution in [2.24, 2.45) is 0 Å². The Morgan fingerprint density at radius 1 is 1.00 bits per heavy atom. The lowest BCUT2D eigenvalue weighted by Gasteiger charge is -2.34. The third-order valence-corrected chi connectivity index (χ3v) is 5.15. The maximum Gasteiger partial charge on any atom is 0.361 e. The third kappa shape index (κ3) is 1.74. The van der Waals surface area contributed by atoms with Crippen molar-refractivity contribution in [3.8, 4) is 0 Å². The van der Waals surface area contributed by atoms with Crippen molar-refractivity contribution in [3.63, 3.8) is 0 Å². The lowest BCUT2D eigenvalue weighted by Crippen LogP contribution is -2.38. The Labute approximate surface area is 110 Å². The zero-order valence-corrected chi connectivity index (χ0v) is 10.4. The molecule has 0 aliphatic carbocycles. The average molecular weight is 282 g/mol. The normalized spacial score (nSPS) is 36.1. The van der Waals surface area contributed by atoms with Crippen LogP contribution < -0.4 is 0 Å². The molecule has 0 bridgehead atoms. The lowest BCUT2D eigenvalue weighted by molar-refractivity contribution is -0.156. The lowest BCUT2D eigenvalue weighted by atomic mass is 10.2. The predicted molar refractivity (Wildman–Crippen MR) is 65.5 cm³/mol. The molecule has 1 fully saturated rings. The van der Waals surface area contributed by atoms with E-state index in [1.807, 2.05) is 0 Å². The van der Waals surface area contributed by atoms with Crippen molar-refractivity contribution in [2.75, 3.05) is 0 Å². The van der Waals surface area contributed by atoms with Gasteiger partial charge in [0.2, 0.25) is 0 Å². The van der Waals surface area contributed by atoms with Crippen LogP contribution in [0.4, 0.5) is 0 Å². The first-order valence-electron chi connectivity index (χ1n) is 5.47. The van der Waals surface area contributed by atoms with Gasteiger partial charge in [-0.3, -0.25) is 0 Å². The van der Waals surface area contributed by atoms with Gasteiger partial charge in [-0.15, -0.1) is 0 Å². The summed E-state index contributed by atoms with van der Waals surface area (Å²) in [6.45, 7) is 0. The number of fused-ring (bicyclic) bond motifs is 2. The van der Waals surface area contributed by atoms with E-state index in [1.54, 1.807) is 30.3 Å². The van der Waals surface area contributed by atoms with Crippen LogP contribution in [0, 0.1) is 0 Å². The highest BCUT2D eigenvalue weighted by Gasteiger charge is 2.45. The highest BCUT2D eigenvalue weighted by molar-refractivity contribution is 8.29. The Morgan fingerprint density at radius 3 is 2.21 bits per heavy atom. The number of benzene rings is 1. The first-order chi connectivity index (χ1) is 9.03. The quantitative estimate of drug-likeness (QED) is 0.719. The molecule has 1 aromatic carbocycles. The third-order valence-electron chi connectivity index (χ3n) is 2.85. The van der Waals surface area contributed by atoms with E-state index in [-0.39, 0.29) is 0 Å². The molecule has 6 nitrogen and oxygen atoms in total. The zero-order valence-electron chi connectivity index (χ0n) is 9.55. The molecular weight excluding hydrogens is 272 g/mol. The zero-order chi connectivity index (χ0) is 13.6. The first-order valence-corrected chi connectivity index (χ1v) is 7.01. The Kier molecular flexibility index (Phi) is 2.63. The molecule has 19 heavy (non-hydrogen) atoms. The second-order valence-corrected chi connectivity index (χ2v) is 6.22.